The summed E-state index contributed by atoms with van der Waals surface area (Å²) < 4.78 is 6.85. The number of rotatable bonds is 13. The highest BCUT2D eigenvalue weighted by molar-refractivity contribution is 5.92. The molecule has 0 bridgehead atoms. The summed E-state index contributed by atoms with van der Waals surface area (Å²) in [6.45, 7) is 12.5. The van der Waals surface area contributed by atoms with E-state index in [1.165, 1.54) is 24.5 Å². The Labute approximate surface area is 236 Å². The Morgan fingerprint density at radius 1 is 1.07 bits per heavy atom. The molecule has 40 heavy (non-hydrogen) atoms. The molecule has 10 heteroatoms. The quantitative estimate of drug-likeness (QED) is 0.295. The third kappa shape index (κ3) is 6.99. The molecule has 3 N–H and O–H groups in total. The van der Waals surface area contributed by atoms with Crippen molar-refractivity contribution in [3.05, 3.63) is 53.3 Å². The van der Waals surface area contributed by atoms with Crippen molar-refractivity contribution in [1.29, 1.82) is 0 Å². The maximum atomic E-state index is 13.4. The first-order valence-electron chi connectivity index (χ1n) is 14.1. The number of likely N-dealkylation sites (tertiary alicyclic amines) is 1. The summed E-state index contributed by atoms with van der Waals surface area (Å²) in [5.41, 5.74) is 2.97. The minimum Gasteiger partial charge on any atom is -0.508 e. The van der Waals surface area contributed by atoms with Gasteiger partial charge in [-0.25, -0.2) is 0 Å². The molecule has 1 amide bonds. The monoisotopic (exact) mass is 550 g/mol. The number of phenolic OH excluding ortho intramolecular Hbond substituents is 2. The van der Waals surface area contributed by atoms with E-state index in [1.807, 2.05) is 26.0 Å². The first-order chi connectivity index (χ1) is 19.3. The molecule has 1 aromatic heterocycles. The van der Waals surface area contributed by atoms with E-state index in [9.17, 15) is 15.0 Å². The van der Waals surface area contributed by atoms with Crippen LogP contribution >= 0.6 is 0 Å². The van der Waals surface area contributed by atoms with Gasteiger partial charge >= 0.3 is 0 Å². The van der Waals surface area contributed by atoms with Gasteiger partial charge in [0.2, 0.25) is 5.82 Å². The van der Waals surface area contributed by atoms with Gasteiger partial charge in [0.25, 0.3) is 5.91 Å². The van der Waals surface area contributed by atoms with Crippen LogP contribution in [-0.2, 0) is 11.3 Å². The molecule has 2 aromatic carbocycles. The third-order valence-electron chi connectivity index (χ3n) is 7.45. The zero-order valence-electron chi connectivity index (χ0n) is 24.1. The largest absolute Gasteiger partial charge is 0.508 e. The first-order valence-corrected chi connectivity index (χ1v) is 14.1. The Morgan fingerprint density at radius 3 is 2.45 bits per heavy atom. The highest BCUT2D eigenvalue weighted by Crippen LogP contribution is 2.38. The van der Waals surface area contributed by atoms with E-state index in [4.69, 9.17) is 4.74 Å². The number of aromatic nitrogens is 3. The Bertz CT molecular complexity index is 1270. The zero-order valence-corrected chi connectivity index (χ0v) is 24.1. The Morgan fingerprint density at radius 2 is 1.80 bits per heavy atom. The van der Waals surface area contributed by atoms with Crippen LogP contribution in [0.4, 0.5) is 0 Å². The van der Waals surface area contributed by atoms with Crippen molar-refractivity contribution in [2.24, 2.45) is 0 Å². The van der Waals surface area contributed by atoms with Gasteiger partial charge in [0.05, 0.1) is 12.2 Å². The van der Waals surface area contributed by atoms with Gasteiger partial charge in [-0.2, -0.15) is 0 Å². The minimum absolute atomic E-state index is 0.0144. The van der Waals surface area contributed by atoms with Crippen LogP contribution in [0.5, 0.6) is 11.5 Å². The van der Waals surface area contributed by atoms with Crippen LogP contribution in [0, 0.1) is 0 Å². The molecule has 0 saturated carbocycles. The number of carbonyl (C=O) groups excluding carboxylic acids is 1. The summed E-state index contributed by atoms with van der Waals surface area (Å²) in [5, 5.41) is 32.8. The molecule has 216 valence electrons. The third-order valence-corrected chi connectivity index (χ3v) is 7.45. The van der Waals surface area contributed by atoms with Gasteiger partial charge in [-0.1, -0.05) is 32.9 Å². The molecule has 1 aliphatic heterocycles. The lowest BCUT2D eigenvalue weighted by atomic mass is 9.98. The first kappa shape index (κ1) is 29.5. The number of hydrogen-bond donors (Lipinski definition) is 3. The fraction of sp³-hybridized carbons (Fsp3) is 0.500. The normalized spacial score (nSPS) is 13.9. The number of nitrogens with one attached hydrogen (secondary N) is 1. The summed E-state index contributed by atoms with van der Waals surface area (Å²) >= 11 is 0. The predicted octanol–water partition coefficient (Wildman–Crippen LogP) is 3.76. The van der Waals surface area contributed by atoms with Gasteiger partial charge in [0.15, 0.2) is 5.82 Å². The van der Waals surface area contributed by atoms with E-state index < -0.39 is 0 Å². The topological polar surface area (TPSA) is 116 Å². The lowest BCUT2D eigenvalue weighted by Gasteiger charge is -2.20. The van der Waals surface area contributed by atoms with Crippen LogP contribution in [0.1, 0.15) is 61.3 Å². The van der Waals surface area contributed by atoms with E-state index >= 15 is 0 Å². The molecule has 1 fully saturated rings. The van der Waals surface area contributed by atoms with E-state index in [-0.39, 0.29) is 29.1 Å². The van der Waals surface area contributed by atoms with Crippen molar-refractivity contribution < 1.29 is 19.7 Å². The van der Waals surface area contributed by atoms with Gasteiger partial charge < -0.3 is 20.3 Å². The number of likely N-dealkylation sites (N-methyl/N-ethyl adjacent to an activating group) is 1. The summed E-state index contributed by atoms with van der Waals surface area (Å²) in [4.78, 5) is 18.0. The average molecular weight is 551 g/mol. The fourth-order valence-corrected chi connectivity index (χ4v) is 5.09. The molecule has 2 heterocycles. The van der Waals surface area contributed by atoms with Gasteiger partial charge in [-0.3, -0.25) is 19.2 Å². The van der Waals surface area contributed by atoms with Crippen molar-refractivity contribution in [3.63, 3.8) is 0 Å². The number of ether oxygens (including phenoxy) is 1. The Balaban J connectivity index is 1.66. The number of phenols is 2. The SMILES string of the molecule is CCN(CCNC(=O)c1nnc(-c2cc(C(C)C)c(O)cc2O)n1-c1ccc(CN2CCCC2)cc1)CCOC. The molecule has 3 aromatic rings. The summed E-state index contributed by atoms with van der Waals surface area (Å²) in [7, 11) is 1.68. The van der Waals surface area contributed by atoms with Crippen LogP contribution in [0.25, 0.3) is 17.1 Å². The highest BCUT2D eigenvalue weighted by atomic mass is 16.5. The molecule has 0 spiro atoms. The maximum absolute atomic E-state index is 13.4. The van der Waals surface area contributed by atoms with Gasteiger partial charge in [-0.05, 0) is 67.7 Å². The van der Waals surface area contributed by atoms with Crippen molar-refractivity contribution in [2.75, 3.05) is 53.0 Å². The molecular formula is C30H42N6O4. The molecule has 10 nitrogen and oxygen atoms in total. The molecule has 0 unspecified atom stereocenters. The standard InChI is InChI=1S/C30H42N6O4/c1-5-34(16-17-40-4)15-12-31-30(39)29-33-32-28(25-18-24(21(2)3)26(37)19-27(25)38)36(29)23-10-8-22(9-11-23)20-35-13-6-7-14-35/h8-11,18-19,21,37-38H,5-7,12-17,20H2,1-4H3,(H,31,39). The van der Waals surface area contributed by atoms with Crippen LogP contribution < -0.4 is 5.32 Å². The maximum Gasteiger partial charge on any atom is 0.289 e. The van der Waals surface area contributed by atoms with E-state index in [0.717, 1.165) is 32.7 Å². The second-order valence-corrected chi connectivity index (χ2v) is 10.6. The van der Waals surface area contributed by atoms with Gasteiger partial charge in [0, 0.05) is 45.0 Å². The highest BCUT2D eigenvalue weighted by Gasteiger charge is 2.24. The lowest BCUT2D eigenvalue weighted by Crippen LogP contribution is -2.37. The van der Waals surface area contributed by atoms with Crippen molar-refractivity contribution in [2.45, 2.75) is 46.1 Å². The second-order valence-electron chi connectivity index (χ2n) is 10.6. The number of amides is 1. The second kappa shape index (κ2) is 13.7. The van der Waals surface area contributed by atoms with Crippen molar-refractivity contribution in [3.8, 4) is 28.6 Å². The number of hydrogen-bond acceptors (Lipinski definition) is 8. The van der Waals surface area contributed by atoms with E-state index in [0.29, 0.717) is 42.3 Å². The summed E-state index contributed by atoms with van der Waals surface area (Å²) in [6, 6.07) is 11.1. The summed E-state index contributed by atoms with van der Waals surface area (Å²) in [5.74, 6) is -0.00802. The molecule has 1 saturated heterocycles. The van der Waals surface area contributed by atoms with Crippen LogP contribution in [0.2, 0.25) is 0 Å². The molecule has 1 aliphatic rings. The fourth-order valence-electron chi connectivity index (χ4n) is 5.09. The van der Waals surface area contributed by atoms with Gasteiger partial charge in [-0.15, -0.1) is 10.2 Å². The molecule has 0 radical (unpaired) electrons. The van der Waals surface area contributed by atoms with E-state index in [1.54, 1.807) is 17.7 Å². The Kier molecular flexibility index (Phi) is 10.1. The predicted molar refractivity (Wildman–Crippen MR) is 155 cm³/mol. The molecular weight excluding hydrogens is 508 g/mol. The van der Waals surface area contributed by atoms with E-state index in [2.05, 4.69) is 44.4 Å². The number of aromatic hydroxyl groups is 2. The minimum atomic E-state index is -0.356. The smallest absolute Gasteiger partial charge is 0.289 e. The molecule has 4 rings (SSSR count). The number of methoxy groups -OCH3 is 1. The van der Waals surface area contributed by atoms with Crippen molar-refractivity contribution in [1.82, 2.24) is 29.9 Å². The number of carbonyl (C=O) groups is 1. The lowest BCUT2D eigenvalue weighted by molar-refractivity contribution is 0.0932. The van der Waals surface area contributed by atoms with Crippen LogP contribution in [0.15, 0.2) is 36.4 Å². The average Bonchev–Trinajstić information content (AvgIpc) is 3.61. The Hall–Kier alpha value is -3.47. The van der Waals surface area contributed by atoms with Gasteiger partial charge in [0.1, 0.15) is 11.5 Å². The zero-order chi connectivity index (χ0) is 28.6. The molecule has 0 aliphatic carbocycles. The number of benzene rings is 2. The van der Waals surface area contributed by atoms with Crippen LogP contribution in [0.3, 0.4) is 0 Å². The molecule has 0 atom stereocenters. The summed E-state index contributed by atoms with van der Waals surface area (Å²) in [6.07, 6.45) is 2.47. The van der Waals surface area contributed by atoms with Crippen LogP contribution in [-0.4, -0.2) is 93.7 Å². The number of nitrogens with zero attached hydrogens (tertiary/aromatic N) is 5. The van der Waals surface area contributed by atoms with Crippen molar-refractivity contribution >= 4 is 5.91 Å².